The molecule has 3 nitrogen and oxygen atoms in total. The molecule has 0 bridgehead atoms. The molecule has 18 heavy (non-hydrogen) atoms. The van der Waals surface area contributed by atoms with Gasteiger partial charge in [0.1, 0.15) is 0 Å². The van der Waals surface area contributed by atoms with Gasteiger partial charge in [-0.15, -0.1) is 0 Å². The largest absolute Gasteiger partial charge is 0.320 e. The molecule has 1 heterocycles. The molecule has 0 spiro atoms. The maximum absolute atomic E-state index is 6.30. The van der Waals surface area contributed by atoms with E-state index in [4.69, 9.17) is 28.9 Å². The first-order chi connectivity index (χ1) is 8.41. The van der Waals surface area contributed by atoms with Crippen LogP contribution < -0.4 is 5.73 Å². The maximum atomic E-state index is 6.30. The lowest BCUT2D eigenvalue weighted by molar-refractivity contribution is 0.728. The van der Waals surface area contributed by atoms with Gasteiger partial charge in [0.15, 0.2) is 0 Å². The van der Waals surface area contributed by atoms with Crippen molar-refractivity contribution in [3.63, 3.8) is 0 Å². The Labute approximate surface area is 117 Å². The van der Waals surface area contributed by atoms with Gasteiger partial charge in [0.25, 0.3) is 0 Å². The SMILES string of the molecule is Cc1nn(C)c(C)c1C(N)c1ccc(Cl)c(Cl)c1. The zero-order valence-electron chi connectivity index (χ0n) is 10.5. The molecule has 0 amide bonds. The third-order valence-electron chi connectivity index (χ3n) is 3.18. The molecule has 0 aliphatic rings. The molecule has 0 fully saturated rings. The number of aryl methyl sites for hydroxylation is 2. The van der Waals surface area contributed by atoms with Crippen LogP contribution in [0.1, 0.15) is 28.6 Å². The Bertz CT molecular complexity index is 590. The van der Waals surface area contributed by atoms with Gasteiger partial charge in [-0.2, -0.15) is 5.10 Å². The summed E-state index contributed by atoms with van der Waals surface area (Å²) in [5.41, 5.74) is 10.3. The minimum Gasteiger partial charge on any atom is -0.320 e. The van der Waals surface area contributed by atoms with Gasteiger partial charge in [0.2, 0.25) is 0 Å². The Balaban J connectivity index is 2.47. The van der Waals surface area contributed by atoms with E-state index in [0.29, 0.717) is 10.0 Å². The predicted octanol–water partition coefficient (Wildman–Crippen LogP) is 3.39. The molecule has 0 saturated heterocycles. The minimum atomic E-state index is -0.242. The normalized spacial score (nSPS) is 12.8. The third kappa shape index (κ3) is 2.26. The highest BCUT2D eigenvalue weighted by molar-refractivity contribution is 6.42. The summed E-state index contributed by atoms with van der Waals surface area (Å²) in [6, 6.07) is 5.22. The average Bonchev–Trinajstić information content (AvgIpc) is 2.56. The molecule has 1 unspecified atom stereocenters. The number of halogens is 2. The number of hydrogen-bond donors (Lipinski definition) is 1. The van der Waals surface area contributed by atoms with Gasteiger partial charge < -0.3 is 5.73 Å². The fourth-order valence-corrected chi connectivity index (χ4v) is 2.42. The molecule has 0 radical (unpaired) electrons. The Morgan fingerprint density at radius 1 is 1.22 bits per heavy atom. The maximum Gasteiger partial charge on any atom is 0.0647 e. The van der Waals surface area contributed by atoms with E-state index in [0.717, 1.165) is 22.5 Å². The van der Waals surface area contributed by atoms with Crippen molar-refractivity contribution in [2.45, 2.75) is 19.9 Å². The molecule has 2 N–H and O–H groups in total. The molecule has 1 aromatic heterocycles. The number of aromatic nitrogens is 2. The molecule has 0 saturated carbocycles. The molecule has 0 aliphatic carbocycles. The smallest absolute Gasteiger partial charge is 0.0647 e. The summed E-state index contributed by atoms with van der Waals surface area (Å²) in [4.78, 5) is 0. The van der Waals surface area contributed by atoms with Gasteiger partial charge in [0.05, 0.1) is 21.8 Å². The van der Waals surface area contributed by atoms with Gasteiger partial charge in [-0.3, -0.25) is 4.68 Å². The van der Waals surface area contributed by atoms with E-state index < -0.39 is 0 Å². The topological polar surface area (TPSA) is 43.8 Å². The van der Waals surface area contributed by atoms with E-state index in [9.17, 15) is 0 Å². The van der Waals surface area contributed by atoms with Crippen LogP contribution in [-0.4, -0.2) is 9.78 Å². The van der Waals surface area contributed by atoms with Crippen molar-refractivity contribution in [1.82, 2.24) is 9.78 Å². The summed E-state index contributed by atoms with van der Waals surface area (Å²) in [5.74, 6) is 0. The lowest BCUT2D eigenvalue weighted by Gasteiger charge is -2.13. The number of hydrogen-bond acceptors (Lipinski definition) is 2. The molecule has 5 heteroatoms. The quantitative estimate of drug-likeness (QED) is 0.918. The number of benzene rings is 1. The highest BCUT2D eigenvalue weighted by atomic mass is 35.5. The monoisotopic (exact) mass is 283 g/mol. The zero-order valence-corrected chi connectivity index (χ0v) is 12.0. The Morgan fingerprint density at radius 2 is 1.89 bits per heavy atom. The summed E-state index contributed by atoms with van der Waals surface area (Å²) in [6.07, 6.45) is 0. The van der Waals surface area contributed by atoms with Gasteiger partial charge in [0, 0.05) is 18.3 Å². The first-order valence-corrected chi connectivity index (χ1v) is 6.38. The summed E-state index contributed by atoms with van der Waals surface area (Å²) < 4.78 is 1.84. The number of nitrogens with two attached hydrogens (primary N) is 1. The van der Waals surface area contributed by atoms with Crippen LogP contribution in [0, 0.1) is 13.8 Å². The van der Waals surface area contributed by atoms with E-state index >= 15 is 0 Å². The van der Waals surface area contributed by atoms with Crippen molar-refractivity contribution in [1.29, 1.82) is 0 Å². The second-order valence-corrected chi connectivity index (χ2v) is 5.17. The molecule has 2 aromatic rings. The van der Waals surface area contributed by atoms with Crippen LogP contribution in [0.3, 0.4) is 0 Å². The summed E-state index contributed by atoms with van der Waals surface area (Å²) in [7, 11) is 1.91. The standard InChI is InChI=1S/C13H15Cl2N3/c1-7-12(8(2)18(3)17-7)13(16)9-4-5-10(14)11(15)6-9/h4-6,13H,16H2,1-3H3. The van der Waals surface area contributed by atoms with Gasteiger partial charge in [-0.1, -0.05) is 29.3 Å². The average molecular weight is 284 g/mol. The third-order valence-corrected chi connectivity index (χ3v) is 3.92. The molecular formula is C13H15Cl2N3. The van der Waals surface area contributed by atoms with Crippen LogP contribution in [0.15, 0.2) is 18.2 Å². The number of nitrogens with zero attached hydrogens (tertiary/aromatic N) is 2. The van der Waals surface area contributed by atoms with Crippen molar-refractivity contribution in [2.24, 2.45) is 12.8 Å². The highest BCUT2D eigenvalue weighted by Crippen LogP contribution is 2.30. The lowest BCUT2D eigenvalue weighted by Crippen LogP contribution is -2.14. The van der Waals surface area contributed by atoms with E-state index in [1.807, 2.05) is 31.6 Å². The lowest BCUT2D eigenvalue weighted by atomic mass is 9.98. The summed E-state index contributed by atoms with van der Waals surface area (Å²) in [6.45, 7) is 3.96. The number of rotatable bonds is 2. The van der Waals surface area contributed by atoms with Crippen LogP contribution >= 0.6 is 23.2 Å². The second kappa shape index (κ2) is 4.92. The molecular weight excluding hydrogens is 269 g/mol. The van der Waals surface area contributed by atoms with Crippen molar-refractivity contribution >= 4 is 23.2 Å². The van der Waals surface area contributed by atoms with E-state index in [-0.39, 0.29) is 6.04 Å². The van der Waals surface area contributed by atoms with Crippen LogP contribution in [-0.2, 0) is 7.05 Å². The van der Waals surface area contributed by atoms with Crippen molar-refractivity contribution in [3.05, 3.63) is 50.8 Å². The first kappa shape index (κ1) is 13.4. The molecule has 2 rings (SSSR count). The van der Waals surface area contributed by atoms with Crippen LogP contribution in [0.4, 0.5) is 0 Å². The van der Waals surface area contributed by atoms with Crippen molar-refractivity contribution in [2.75, 3.05) is 0 Å². The van der Waals surface area contributed by atoms with Crippen LogP contribution in [0.5, 0.6) is 0 Å². The Morgan fingerprint density at radius 3 is 2.39 bits per heavy atom. The zero-order chi connectivity index (χ0) is 13.4. The van der Waals surface area contributed by atoms with Gasteiger partial charge in [-0.05, 0) is 31.5 Å². The fourth-order valence-electron chi connectivity index (χ4n) is 2.11. The summed E-state index contributed by atoms with van der Waals surface area (Å²) in [5, 5.41) is 5.43. The second-order valence-electron chi connectivity index (χ2n) is 4.36. The van der Waals surface area contributed by atoms with Crippen molar-refractivity contribution < 1.29 is 0 Å². The summed E-state index contributed by atoms with van der Waals surface area (Å²) >= 11 is 11.9. The van der Waals surface area contributed by atoms with Gasteiger partial charge >= 0.3 is 0 Å². The van der Waals surface area contributed by atoms with Crippen LogP contribution in [0.25, 0.3) is 0 Å². The molecule has 96 valence electrons. The van der Waals surface area contributed by atoms with E-state index in [1.54, 1.807) is 12.1 Å². The molecule has 1 aromatic carbocycles. The first-order valence-electron chi connectivity index (χ1n) is 5.62. The van der Waals surface area contributed by atoms with E-state index in [2.05, 4.69) is 5.10 Å². The minimum absolute atomic E-state index is 0.242. The molecule has 1 atom stereocenters. The predicted molar refractivity (Wildman–Crippen MR) is 75.2 cm³/mol. The van der Waals surface area contributed by atoms with E-state index in [1.165, 1.54) is 0 Å². The highest BCUT2D eigenvalue weighted by Gasteiger charge is 2.18. The Kier molecular flexibility index (Phi) is 3.66. The fraction of sp³-hybridized carbons (Fsp3) is 0.308. The van der Waals surface area contributed by atoms with Crippen LogP contribution in [0.2, 0.25) is 10.0 Å². The van der Waals surface area contributed by atoms with Gasteiger partial charge in [-0.25, -0.2) is 0 Å². The Hall–Kier alpha value is -1.03. The molecule has 0 aliphatic heterocycles. The van der Waals surface area contributed by atoms with Crippen molar-refractivity contribution in [3.8, 4) is 0 Å².